The Morgan fingerprint density at radius 1 is 1.19 bits per heavy atom. The van der Waals surface area contributed by atoms with Gasteiger partial charge in [-0.05, 0) is 25.7 Å². The molecule has 1 aromatic rings. The monoisotopic (exact) mass is 288 g/mol. The predicted molar refractivity (Wildman–Crippen MR) is 79.9 cm³/mol. The Bertz CT molecular complexity index is 534. The first-order chi connectivity index (χ1) is 10.3. The van der Waals surface area contributed by atoms with E-state index in [-0.39, 0.29) is 0 Å². The van der Waals surface area contributed by atoms with Gasteiger partial charge in [0.1, 0.15) is 0 Å². The fourth-order valence-electron chi connectivity index (χ4n) is 3.67. The zero-order valence-corrected chi connectivity index (χ0v) is 12.6. The zero-order chi connectivity index (χ0) is 14.2. The van der Waals surface area contributed by atoms with Crippen molar-refractivity contribution in [3.8, 4) is 0 Å². The molecule has 1 aromatic heterocycles. The van der Waals surface area contributed by atoms with E-state index in [0.29, 0.717) is 5.91 Å². The molecule has 2 fully saturated rings. The fourth-order valence-corrected chi connectivity index (χ4v) is 3.67. The molecule has 1 saturated heterocycles. The smallest absolute Gasteiger partial charge is 0.222 e. The van der Waals surface area contributed by atoms with Crippen LogP contribution in [0.15, 0.2) is 6.33 Å². The first kappa shape index (κ1) is 13.3. The van der Waals surface area contributed by atoms with E-state index in [1.165, 1.54) is 24.2 Å². The summed E-state index contributed by atoms with van der Waals surface area (Å²) in [5.74, 6) is 0.346. The third kappa shape index (κ3) is 2.71. The Balaban J connectivity index is 1.28. The van der Waals surface area contributed by atoms with Crippen molar-refractivity contribution >= 4 is 5.91 Å². The highest BCUT2D eigenvalue weighted by Crippen LogP contribution is 2.37. The zero-order valence-electron chi connectivity index (χ0n) is 12.6. The van der Waals surface area contributed by atoms with Gasteiger partial charge in [0.05, 0.1) is 12.0 Å². The molecule has 0 unspecified atom stereocenters. The van der Waals surface area contributed by atoms with Crippen molar-refractivity contribution in [2.75, 3.05) is 26.2 Å². The van der Waals surface area contributed by atoms with Crippen LogP contribution in [0.2, 0.25) is 0 Å². The quantitative estimate of drug-likeness (QED) is 0.826. The molecular weight excluding hydrogens is 264 g/mol. The molecule has 0 atom stereocenters. The Morgan fingerprint density at radius 2 is 2.10 bits per heavy atom. The summed E-state index contributed by atoms with van der Waals surface area (Å²) in [5, 5.41) is 0. The Labute approximate surface area is 125 Å². The lowest BCUT2D eigenvalue weighted by Gasteiger charge is -2.27. The maximum absolute atomic E-state index is 11.6. The van der Waals surface area contributed by atoms with Gasteiger partial charge in [-0.25, -0.2) is 4.98 Å². The maximum Gasteiger partial charge on any atom is 0.222 e. The van der Waals surface area contributed by atoms with Crippen molar-refractivity contribution in [1.82, 2.24) is 19.4 Å². The molecule has 0 N–H and O–H groups in total. The van der Waals surface area contributed by atoms with Crippen molar-refractivity contribution in [3.05, 3.63) is 17.7 Å². The predicted octanol–water partition coefficient (Wildman–Crippen LogP) is 1.59. The highest BCUT2D eigenvalue weighted by molar-refractivity contribution is 5.77. The summed E-state index contributed by atoms with van der Waals surface area (Å²) < 4.78 is 2.41. The van der Waals surface area contributed by atoms with Crippen LogP contribution in [0.4, 0.5) is 0 Å². The van der Waals surface area contributed by atoms with E-state index in [1.54, 1.807) is 0 Å². The number of imidazole rings is 1. The average molecular weight is 288 g/mol. The van der Waals surface area contributed by atoms with Gasteiger partial charge < -0.3 is 9.47 Å². The number of aromatic nitrogens is 2. The summed E-state index contributed by atoms with van der Waals surface area (Å²) in [6.45, 7) is 5.11. The molecule has 1 amide bonds. The SMILES string of the molecule is O=C1CCCN1CCCN1CCc2c(ncn2C2CC2)C1. The first-order valence-corrected chi connectivity index (χ1v) is 8.36. The van der Waals surface area contributed by atoms with E-state index in [0.717, 1.165) is 64.4 Å². The maximum atomic E-state index is 11.6. The molecule has 1 saturated carbocycles. The molecule has 0 spiro atoms. The van der Waals surface area contributed by atoms with Gasteiger partial charge in [-0.3, -0.25) is 9.69 Å². The van der Waals surface area contributed by atoms with Gasteiger partial charge in [-0.2, -0.15) is 0 Å². The van der Waals surface area contributed by atoms with Crippen LogP contribution in [0.5, 0.6) is 0 Å². The van der Waals surface area contributed by atoms with Crippen molar-refractivity contribution in [1.29, 1.82) is 0 Å². The van der Waals surface area contributed by atoms with E-state index in [2.05, 4.69) is 20.8 Å². The third-order valence-corrected chi connectivity index (χ3v) is 5.03. The Hall–Kier alpha value is -1.36. The molecule has 2 aliphatic heterocycles. The lowest BCUT2D eigenvalue weighted by molar-refractivity contribution is -0.127. The summed E-state index contributed by atoms with van der Waals surface area (Å²) in [6.07, 6.45) is 8.73. The number of amides is 1. The summed E-state index contributed by atoms with van der Waals surface area (Å²) in [6, 6.07) is 0.744. The standard InChI is InChI=1S/C16H24N4O/c21-16-3-1-8-19(16)9-2-7-18-10-6-15-14(11-18)17-12-20(15)13-4-5-13/h12-13H,1-11H2. The van der Waals surface area contributed by atoms with Crippen LogP contribution in [-0.2, 0) is 17.8 Å². The second-order valence-corrected chi connectivity index (χ2v) is 6.64. The van der Waals surface area contributed by atoms with E-state index in [4.69, 9.17) is 0 Å². The first-order valence-electron chi connectivity index (χ1n) is 8.36. The molecule has 0 aromatic carbocycles. The molecule has 21 heavy (non-hydrogen) atoms. The van der Waals surface area contributed by atoms with Gasteiger partial charge in [0.15, 0.2) is 0 Å². The number of carbonyl (C=O) groups excluding carboxylic acids is 1. The largest absolute Gasteiger partial charge is 0.343 e. The second kappa shape index (κ2) is 5.44. The summed E-state index contributed by atoms with van der Waals surface area (Å²) in [7, 11) is 0. The molecule has 3 aliphatic rings. The van der Waals surface area contributed by atoms with Crippen LogP contribution in [0.25, 0.3) is 0 Å². The molecule has 1 aliphatic carbocycles. The summed E-state index contributed by atoms with van der Waals surface area (Å²) in [4.78, 5) is 20.7. The highest BCUT2D eigenvalue weighted by Gasteiger charge is 2.29. The normalized spacial score (nSPS) is 22.9. The molecule has 3 heterocycles. The molecule has 5 nitrogen and oxygen atoms in total. The van der Waals surface area contributed by atoms with E-state index in [9.17, 15) is 4.79 Å². The van der Waals surface area contributed by atoms with Crippen LogP contribution >= 0.6 is 0 Å². The van der Waals surface area contributed by atoms with Gasteiger partial charge in [0.2, 0.25) is 5.91 Å². The molecule has 4 rings (SSSR count). The van der Waals surface area contributed by atoms with Crippen molar-refractivity contribution in [2.45, 2.75) is 51.1 Å². The average Bonchev–Trinajstić information content (AvgIpc) is 3.12. The van der Waals surface area contributed by atoms with Crippen LogP contribution in [0, 0.1) is 0 Å². The molecule has 0 radical (unpaired) electrons. The highest BCUT2D eigenvalue weighted by atomic mass is 16.2. The van der Waals surface area contributed by atoms with E-state index >= 15 is 0 Å². The van der Waals surface area contributed by atoms with Crippen molar-refractivity contribution in [3.63, 3.8) is 0 Å². The number of hydrogen-bond acceptors (Lipinski definition) is 3. The number of likely N-dealkylation sites (tertiary alicyclic amines) is 1. The molecule has 0 bridgehead atoms. The van der Waals surface area contributed by atoms with E-state index < -0.39 is 0 Å². The topological polar surface area (TPSA) is 41.4 Å². The number of hydrogen-bond donors (Lipinski definition) is 0. The van der Waals surface area contributed by atoms with Crippen molar-refractivity contribution < 1.29 is 4.79 Å². The Kier molecular flexibility index (Phi) is 3.45. The minimum atomic E-state index is 0.346. The van der Waals surface area contributed by atoms with E-state index in [1.807, 2.05) is 4.90 Å². The third-order valence-electron chi connectivity index (χ3n) is 5.03. The molecule has 114 valence electrons. The lowest BCUT2D eigenvalue weighted by Crippen LogP contribution is -2.34. The number of nitrogens with zero attached hydrogens (tertiary/aromatic N) is 4. The van der Waals surface area contributed by atoms with Gasteiger partial charge in [-0.1, -0.05) is 0 Å². The van der Waals surface area contributed by atoms with Gasteiger partial charge in [0, 0.05) is 57.3 Å². The second-order valence-electron chi connectivity index (χ2n) is 6.64. The molecule has 5 heteroatoms. The number of fused-ring (bicyclic) bond motifs is 1. The summed E-state index contributed by atoms with van der Waals surface area (Å²) in [5.41, 5.74) is 2.76. The van der Waals surface area contributed by atoms with Gasteiger partial charge in [0.25, 0.3) is 0 Å². The van der Waals surface area contributed by atoms with Crippen LogP contribution in [-0.4, -0.2) is 51.4 Å². The molecular formula is C16H24N4O. The Morgan fingerprint density at radius 3 is 2.86 bits per heavy atom. The lowest BCUT2D eigenvalue weighted by atomic mass is 10.1. The number of carbonyl (C=O) groups is 1. The van der Waals surface area contributed by atoms with Crippen molar-refractivity contribution in [2.24, 2.45) is 0 Å². The van der Waals surface area contributed by atoms with Crippen LogP contribution < -0.4 is 0 Å². The van der Waals surface area contributed by atoms with Gasteiger partial charge in [-0.15, -0.1) is 0 Å². The fraction of sp³-hybridized carbons (Fsp3) is 0.750. The van der Waals surface area contributed by atoms with Crippen LogP contribution in [0.1, 0.15) is 49.5 Å². The van der Waals surface area contributed by atoms with Crippen LogP contribution in [0.3, 0.4) is 0 Å². The number of rotatable bonds is 5. The minimum absolute atomic E-state index is 0.346. The summed E-state index contributed by atoms with van der Waals surface area (Å²) >= 11 is 0. The minimum Gasteiger partial charge on any atom is -0.343 e. The van der Waals surface area contributed by atoms with Gasteiger partial charge >= 0.3 is 0 Å².